The molecule has 3 aromatic rings. The van der Waals surface area contributed by atoms with Crippen molar-refractivity contribution in [3.63, 3.8) is 0 Å². The van der Waals surface area contributed by atoms with Gasteiger partial charge in [0.15, 0.2) is 0 Å². The van der Waals surface area contributed by atoms with Crippen LogP contribution in [-0.4, -0.2) is 17.7 Å². The zero-order valence-electron chi connectivity index (χ0n) is 14.9. The Bertz CT molecular complexity index is 951. The van der Waals surface area contributed by atoms with E-state index in [1.807, 2.05) is 91.0 Å². The number of hydrogen-bond donors (Lipinski definition) is 1. The Labute approximate surface area is 168 Å². The zero-order chi connectivity index (χ0) is 19.3. The van der Waals surface area contributed by atoms with Crippen LogP contribution in [0.5, 0.6) is 0 Å². The maximum atomic E-state index is 12.8. The Balaban J connectivity index is 2.08. The van der Waals surface area contributed by atoms with Gasteiger partial charge in [0, 0.05) is 0 Å². The van der Waals surface area contributed by atoms with Gasteiger partial charge < -0.3 is 0 Å². The van der Waals surface area contributed by atoms with E-state index in [2.05, 4.69) is 0 Å². The Hall–Kier alpha value is -1.85. The van der Waals surface area contributed by atoms with Crippen LogP contribution in [0.25, 0.3) is 0 Å². The second-order valence-corrected chi connectivity index (χ2v) is 11.0. The van der Waals surface area contributed by atoms with Crippen LogP contribution in [0.15, 0.2) is 91.0 Å². The summed E-state index contributed by atoms with van der Waals surface area (Å²) in [5.74, 6) is 0. The fourth-order valence-electron chi connectivity index (χ4n) is 2.85. The van der Waals surface area contributed by atoms with Crippen molar-refractivity contribution in [3.8, 4) is 0 Å². The molecule has 0 amide bonds. The average Bonchev–Trinajstić information content (AvgIpc) is 2.69. The summed E-state index contributed by atoms with van der Waals surface area (Å²) in [6, 6.07) is 28.1. The Morgan fingerprint density at radius 2 is 1.22 bits per heavy atom. The molecule has 143 valence electrons. The van der Waals surface area contributed by atoms with Crippen molar-refractivity contribution in [2.24, 2.45) is 5.73 Å². The van der Waals surface area contributed by atoms with Crippen LogP contribution in [0, 0.1) is 0 Å². The van der Waals surface area contributed by atoms with Crippen LogP contribution < -0.4 is 9.89 Å². The summed E-state index contributed by atoms with van der Waals surface area (Å²) in [4.78, 5) is 0. The van der Waals surface area contributed by atoms with E-state index in [4.69, 9.17) is 5.73 Å². The van der Waals surface area contributed by atoms with Crippen LogP contribution in [0.1, 0.15) is 23.2 Å². The molecule has 0 heterocycles. The molecule has 0 radical (unpaired) electrons. The van der Waals surface area contributed by atoms with E-state index in [0.717, 1.165) is 15.3 Å². The van der Waals surface area contributed by atoms with Gasteiger partial charge in [0.05, 0.1) is 0 Å². The van der Waals surface area contributed by atoms with E-state index < -0.39 is 39.5 Å². The van der Waals surface area contributed by atoms with Crippen molar-refractivity contribution in [1.82, 2.24) is 3.05 Å². The second kappa shape index (κ2) is 8.89. The van der Waals surface area contributed by atoms with Crippen LogP contribution in [0.2, 0.25) is 0 Å². The quantitative estimate of drug-likeness (QED) is 0.543. The molecule has 0 fully saturated rings. The molecule has 0 saturated heterocycles. The molecule has 0 bridgehead atoms. The van der Waals surface area contributed by atoms with Crippen molar-refractivity contribution in [2.75, 3.05) is 6.26 Å². The number of sulfonamides is 1. The van der Waals surface area contributed by atoms with E-state index in [-0.39, 0.29) is 0 Å². The molecule has 0 aliphatic carbocycles. The molecule has 0 aliphatic rings. The monoisotopic (exact) mass is 469 g/mol. The third-order valence-corrected chi connectivity index (χ3v) is 9.26. The van der Waals surface area contributed by atoms with Gasteiger partial charge in [-0.2, -0.15) is 0 Å². The molecular weight excluding hydrogens is 445 g/mol. The fourth-order valence-corrected chi connectivity index (χ4v) is 6.98. The van der Waals surface area contributed by atoms with Crippen LogP contribution in [0.4, 0.5) is 0 Å². The van der Waals surface area contributed by atoms with E-state index >= 15 is 0 Å². The van der Waals surface area contributed by atoms with Crippen molar-refractivity contribution < 1.29 is 25.8 Å². The van der Waals surface area contributed by atoms with Crippen molar-refractivity contribution in [2.45, 2.75) is 12.1 Å². The first kappa shape index (κ1) is 19.9. The molecule has 6 heteroatoms. The number of benzene rings is 3. The van der Waals surface area contributed by atoms with Gasteiger partial charge in [0.2, 0.25) is 0 Å². The summed E-state index contributed by atoms with van der Waals surface area (Å²) in [6.45, 7) is 0. The van der Waals surface area contributed by atoms with Gasteiger partial charge in [0.1, 0.15) is 0 Å². The summed E-state index contributed by atoms with van der Waals surface area (Å²) in [5.41, 5.74) is 8.45. The molecule has 0 aliphatic heterocycles. The second-order valence-electron chi connectivity index (χ2n) is 6.18. The van der Waals surface area contributed by atoms with E-state index in [0.29, 0.717) is 0 Å². The number of nitrogens with zero attached hydrogens (tertiary/aromatic N) is 1. The molecule has 0 aromatic heterocycles. The normalized spacial score (nSPS) is 14.2. The van der Waals surface area contributed by atoms with Gasteiger partial charge in [-0.1, -0.05) is 0 Å². The predicted molar refractivity (Wildman–Crippen MR) is 107 cm³/mol. The Morgan fingerprint density at radius 1 is 0.778 bits per heavy atom. The van der Waals surface area contributed by atoms with Gasteiger partial charge in [-0.3, -0.25) is 0 Å². The summed E-state index contributed by atoms with van der Waals surface area (Å²) in [6.07, 6.45) is 1.27. The molecule has 27 heavy (non-hydrogen) atoms. The molecule has 0 spiro atoms. The fraction of sp³-hybridized carbons (Fsp3) is 0.143. The van der Waals surface area contributed by atoms with Crippen LogP contribution in [-0.2, 0) is 27.4 Å². The number of hydrogen-bond acceptors (Lipinski definition) is 3. The van der Waals surface area contributed by atoms with Crippen LogP contribution in [0.3, 0.4) is 0 Å². The Kier molecular flexibility index (Phi) is 6.56. The SMILES string of the molecule is CS(=O)(=O)[N]([RuH][c]1ccccc1)C(c1ccccc1)C(N)c1ccccc1. The number of rotatable bonds is 7. The molecule has 0 saturated carbocycles. The third kappa shape index (κ3) is 5.11. The number of nitrogens with two attached hydrogens (primary N) is 1. The molecule has 2 N–H and O–H groups in total. The van der Waals surface area contributed by atoms with Gasteiger partial charge in [-0.25, -0.2) is 0 Å². The van der Waals surface area contributed by atoms with Crippen molar-refractivity contribution >= 4 is 14.2 Å². The first-order chi connectivity index (χ1) is 13.0. The van der Waals surface area contributed by atoms with Crippen molar-refractivity contribution in [1.29, 1.82) is 0 Å². The first-order valence-corrected chi connectivity index (χ1v) is 12.1. The molecular formula is C21H23N2O2RuS. The topological polar surface area (TPSA) is 63.4 Å². The van der Waals surface area contributed by atoms with Gasteiger partial charge in [0.25, 0.3) is 0 Å². The molecule has 2 atom stereocenters. The van der Waals surface area contributed by atoms with Gasteiger partial charge >= 0.3 is 169 Å². The van der Waals surface area contributed by atoms with Gasteiger partial charge in [-0.05, 0) is 0 Å². The van der Waals surface area contributed by atoms with Gasteiger partial charge in [-0.15, -0.1) is 0 Å². The molecule has 4 nitrogen and oxygen atoms in total. The summed E-state index contributed by atoms with van der Waals surface area (Å²) in [5, 5.41) is 0. The van der Waals surface area contributed by atoms with E-state index in [1.54, 1.807) is 3.05 Å². The average molecular weight is 469 g/mol. The molecule has 3 rings (SSSR count). The van der Waals surface area contributed by atoms with E-state index in [9.17, 15) is 8.42 Å². The van der Waals surface area contributed by atoms with Crippen LogP contribution >= 0.6 is 0 Å². The maximum absolute atomic E-state index is 12.8. The molecule has 3 aromatic carbocycles. The molecule has 2 unspecified atom stereocenters. The summed E-state index contributed by atoms with van der Waals surface area (Å²) < 4.78 is 28.2. The zero-order valence-corrected chi connectivity index (χ0v) is 17.6. The standard InChI is InChI=1S/C15H17N2O2S.C6H5.Ru.H/c1-20(18,19)17-15(13-10-6-3-7-11-13)14(16)12-8-4-2-5-9-12;1-2-4-6-5-3-1;;/h2-11,14-15H,16H2,1H3;1-5H;;/q-1;;+1;. The Morgan fingerprint density at radius 3 is 1.70 bits per heavy atom. The van der Waals surface area contributed by atoms with Crippen molar-refractivity contribution in [3.05, 3.63) is 102 Å². The first-order valence-electron chi connectivity index (χ1n) is 8.52. The summed E-state index contributed by atoms with van der Waals surface area (Å²) >= 11 is -0.955. The minimum atomic E-state index is -3.46. The third-order valence-electron chi connectivity index (χ3n) is 4.12. The summed E-state index contributed by atoms with van der Waals surface area (Å²) in [7, 11) is -3.46. The minimum absolute atomic E-state index is 0.461. The predicted octanol–water partition coefficient (Wildman–Crippen LogP) is 2.74. The van der Waals surface area contributed by atoms with E-state index in [1.165, 1.54) is 6.26 Å².